The van der Waals surface area contributed by atoms with E-state index >= 15 is 0 Å². The first-order valence-corrected chi connectivity index (χ1v) is 8.27. The summed E-state index contributed by atoms with van der Waals surface area (Å²) in [5, 5.41) is 3.78. The fraction of sp³-hybridized carbons (Fsp3) is 0.455. The van der Waals surface area contributed by atoms with Gasteiger partial charge in [-0.05, 0) is 31.7 Å². The van der Waals surface area contributed by atoms with Gasteiger partial charge < -0.3 is 5.32 Å². The second kappa shape index (κ2) is 6.86. The van der Waals surface area contributed by atoms with E-state index in [4.69, 9.17) is 11.6 Å². The lowest BCUT2D eigenvalue weighted by Gasteiger charge is -2.15. The highest BCUT2D eigenvalue weighted by molar-refractivity contribution is 9.10. The monoisotopic (exact) mass is 354 g/mol. The zero-order valence-corrected chi connectivity index (χ0v) is 13.4. The lowest BCUT2D eigenvalue weighted by molar-refractivity contribution is 0.567. The molecule has 1 aromatic carbocycles. The standard InChI is InChI=1S/C11H16BrClN2O2S/c1-8(15-5-6-18(16,17)14-2)10-4-3-9(12)7-11(10)13/h3-4,7-8,14-15H,5-6H2,1-2H3. The van der Waals surface area contributed by atoms with E-state index in [0.29, 0.717) is 11.6 Å². The van der Waals surface area contributed by atoms with Crippen molar-refractivity contribution in [3.63, 3.8) is 0 Å². The van der Waals surface area contributed by atoms with Crippen molar-refractivity contribution < 1.29 is 8.42 Å². The van der Waals surface area contributed by atoms with Crippen LogP contribution in [0.3, 0.4) is 0 Å². The maximum Gasteiger partial charge on any atom is 0.212 e. The van der Waals surface area contributed by atoms with Crippen LogP contribution in [0.15, 0.2) is 22.7 Å². The number of halogens is 2. The van der Waals surface area contributed by atoms with Gasteiger partial charge in [0.15, 0.2) is 0 Å². The molecule has 0 aliphatic heterocycles. The molecule has 0 bridgehead atoms. The lowest BCUT2D eigenvalue weighted by atomic mass is 10.1. The number of rotatable bonds is 6. The van der Waals surface area contributed by atoms with E-state index in [0.717, 1.165) is 10.0 Å². The zero-order chi connectivity index (χ0) is 13.8. The van der Waals surface area contributed by atoms with Gasteiger partial charge in [-0.2, -0.15) is 0 Å². The molecule has 18 heavy (non-hydrogen) atoms. The van der Waals surface area contributed by atoms with Gasteiger partial charge in [-0.25, -0.2) is 13.1 Å². The summed E-state index contributed by atoms with van der Waals surface area (Å²) in [5.41, 5.74) is 0.946. The van der Waals surface area contributed by atoms with Crippen LogP contribution >= 0.6 is 27.5 Å². The summed E-state index contributed by atoms with van der Waals surface area (Å²) in [6, 6.07) is 5.64. The minimum Gasteiger partial charge on any atom is -0.309 e. The third kappa shape index (κ3) is 4.85. The Morgan fingerprint density at radius 2 is 2.11 bits per heavy atom. The molecule has 0 aliphatic rings. The molecule has 0 radical (unpaired) electrons. The number of sulfonamides is 1. The van der Waals surface area contributed by atoms with Gasteiger partial charge in [-0.15, -0.1) is 0 Å². The molecule has 102 valence electrons. The maximum atomic E-state index is 11.2. The normalized spacial score (nSPS) is 13.6. The number of nitrogens with one attached hydrogen (secondary N) is 2. The maximum absolute atomic E-state index is 11.2. The van der Waals surface area contributed by atoms with Crippen molar-refractivity contribution in [3.05, 3.63) is 33.3 Å². The first-order valence-electron chi connectivity index (χ1n) is 5.45. The van der Waals surface area contributed by atoms with Crippen molar-refractivity contribution in [3.8, 4) is 0 Å². The molecule has 1 unspecified atom stereocenters. The quantitative estimate of drug-likeness (QED) is 0.823. The van der Waals surface area contributed by atoms with Crippen molar-refractivity contribution in [2.45, 2.75) is 13.0 Å². The Morgan fingerprint density at radius 1 is 1.44 bits per heavy atom. The topological polar surface area (TPSA) is 58.2 Å². The first kappa shape index (κ1) is 15.9. The molecule has 4 nitrogen and oxygen atoms in total. The van der Waals surface area contributed by atoms with Crippen molar-refractivity contribution in [1.82, 2.24) is 10.0 Å². The molecule has 2 N–H and O–H groups in total. The average Bonchev–Trinajstić information content (AvgIpc) is 2.28. The molecule has 0 saturated carbocycles. The largest absolute Gasteiger partial charge is 0.309 e. The highest BCUT2D eigenvalue weighted by Gasteiger charge is 2.11. The molecule has 0 spiro atoms. The Bertz CT molecular complexity index is 508. The SMILES string of the molecule is CNS(=O)(=O)CCNC(C)c1ccc(Br)cc1Cl. The Morgan fingerprint density at radius 3 is 2.67 bits per heavy atom. The van der Waals surface area contributed by atoms with Crippen molar-refractivity contribution in [2.24, 2.45) is 0 Å². The van der Waals surface area contributed by atoms with Gasteiger partial charge in [-0.1, -0.05) is 33.6 Å². The van der Waals surface area contributed by atoms with Crippen molar-refractivity contribution in [2.75, 3.05) is 19.3 Å². The van der Waals surface area contributed by atoms with E-state index in [1.54, 1.807) is 0 Å². The van der Waals surface area contributed by atoms with Crippen LogP contribution in [-0.2, 0) is 10.0 Å². The van der Waals surface area contributed by atoms with Gasteiger partial charge in [0.05, 0.1) is 5.75 Å². The van der Waals surface area contributed by atoms with Crippen LogP contribution < -0.4 is 10.0 Å². The van der Waals surface area contributed by atoms with Gasteiger partial charge >= 0.3 is 0 Å². The fourth-order valence-electron chi connectivity index (χ4n) is 1.47. The fourth-order valence-corrected chi connectivity index (χ4v) is 2.90. The minimum absolute atomic E-state index is 0.00217. The van der Waals surface area contributed by atoms with Gasteiger partial charge in [0.1, 0.15) is 0 Å². The number of benzene rings is 1. The van der Waals surface area contributed by atoms with E-state index < -0.39 is 10.0 Å². The summed E-state index contributed by atoms with van der Waals surface area (Å²) in [7, 11) is -1.76. The Labute approximate surface area is 121 Å². The molecule has 0 aromatic heterocycles. The molecular formula is C11H16BrClN2O2S. The van der Waals surface area contributed by atoms with Crippen LogP contribution in [0.4, 0.5) is 0 Å². The Hall–Kier alpha value is -0.140. The second-order valence-corrected chi connectivity index (χ2v) is 7.23. The van der Waals surface area contributed by atoms with Gasteiger partial charge in [0.25, 0.3) is 0 Å². The summed E-state index contributed by atoms with van der Waals surface area (Å²) in [5.74, 6) is 0.0436. The lowest BCUT2D eigenvalue weighted by Crippen LogP contribution is -2.31. The summed E-state index contributed by atoms with van der Waals surface area (Å²) in [6.45, 7) is 2.32. The Balaban J connectivity index is 2.58. The average molecular weight is 356 g/mol. The summed E-state index contributed by atoms with van der Waals surface area (Å²) < 4.78 is 25.7. The number of hydrogen-bond donors (Lipinski definition) is 2. The summed E-state index contributed by atoms with van der Waals surface area (Å²) >= 11 is 9.46. The molecule has 0 heterocycles. The smallest absolute Gasteiger partial charge is 0.212 e. The predicted octanol–water partition coefficient (Wildman–Crippen LogP) is 2.30. The molecule has 0 saturated heterocycles. The molecule has 0 fully saturated rings. The van der Waals surface area contributed by atoms with Gasteiger partial charge in [0.2, 0.25) is 10.0 Å². The van der Waals surface area contributed by atoms with Crippen LogP contribution in [0.1, 0.15) is 18.5 Å². The van der Waals surface area contributed by atoms with Crippen LogP contribution in [0.5, 0.6) is 0 Å². The molecular weight excluding hydrogens is 340 g/mol. The highest BCUT2D eigenvalue weighted by Crippen LogP contribution is 2.26. The summed E-state index contributed by atoms with van der Waals surface area (Å²) in [4.78, 5) is 0. The minimum atomic E-state index is -3.17. The van der Waals surface area contributed by atoms with E-state index in [1.807, 2.05) is 25.1 Å². The van der Waals surface area contributed by atoms with E-state index in [-0.39, 0.29) is 11.8 Å². The third-order valence-corrected chi connectivity index (χ3v) is 4.75. The number of hydrogen-bond acceptors (Lipinski definition) is 3. The molecule has 0 amide bonds. The second-order valence-electron chi connectivity index (χ2n) is 3.86. The molecule has 0 aliphatic carbocycles. The van der Waals surface area contributed by atoms with Crippen molar-refractivity contribution in [1.29, 1.82) is 0 Å². The highest BCUT2D eigenvalue weighted by atomic mass is 79.9. The van der Waals surface area contributed by atoms with Crippen molar-refractivity contribution >= 4 is 37.6 Å². The molecule has 7 heteroatoms. The van der Waals surface area contributed by atoms with E-state index in [1.165, 1.54) is 7.05 Å². The van der Waals surface area contributed by atoms with Crippen LogP contribution in [-0.4, -0.2) is 27.8 Å². The first-order chi connectivity index (χ1) is 8.35. The van der Waals surface area contributed by atoms with Gasteiger partial charge in [-0.3, -0.25) is 0 Å². The zero-order valence-electron chi connectivity index (χ0n) is 10.2. The molecule has 1 rings (SSSR count). The third-order valence-electron chi connectivity index (χ3n) is 2.56. The Kier molecular flexibility index (Phi) is 6.07. The van der Waals surface area contributed by atoms with Crippen LogP contribution in [0.25, 0.3) is 0 Å². The molecule has 1 atom stereocenters. The summed E-state index contributed by atoms with van der Waals surface area (Å²) in [6.07, 6.45) is 0. The van der Waals surface area contributed by atoms with E-state index in [9.17, 15) is 8.42 Å². The molecule has 1 aromatic rings. The van der Waals surface area contributed by atoms with Gasteiger partial charge in [0, 0.05) is 22.1 Å². The predicted molar refractivity (Wildman–Crippen MR) is 78.4 cm³/mol. The van der Waals surface area contributed by atoms with Crippen LogP contribution in [0.2, 0.25) is 5.02 Å². The van der Waals surface area contributed by atoms with E-state index in [2.05, 4.69) is 26.0 Å². The van der Waals surface area contributed by atoms with Crippen LogP contribution in [0, 0.1) is 0 Å².